The molecule has 1 saturated carbocycles. The van der Waals surface area contributed by atoms with E-state index in [0.29, 0.717) is 5.78 Å². The van der Waals surface area contributed by atoms with Crippen molar-refractivity contribution in [3.8, 4) is 0 Å². The molecule has 0 spiro atoms. The van der Waals surface area contributed by atoms with Crippen molar-refractivity contribution in [3.05, 3.63) is 22.4 Å². The number of rotatable bonds is 3. The molecule has 1 aromatic rings. The van der Waals surface area contributed by atoms with E-state index >= 15 is 0 Å². The summed E-state index contributed by atoms with van der Waals surface area (Å²) in [5.41, 5.74) is -0.360. The second-order valence-corrected chi connectivity index (χ2v) is 4.99. The standard InChI is InChI=1S/C12H17NOS/c1-2-13-12(11-7-5-9-15-11)8-4-3-6-10(12)14/h5,7,9,13H,2-4,6,8H2,1H3/t12-/m0/s1. The van der Waals surface area contributed by atoms with E-state index in [0.717, 1.165) is 32.2 Å². The Morgan fingerprint density at radius 2 is 2.40 bits per heavy atom. The first-order valence-corrected chi connectivity index (χ1v) is 6.50. The average Bonchev–Trinajstić information content (AvgIpc) is 2.75. The Kier molecular flexibility index (Phi) is 3.22. The van der Waals surface area contributed by atoms with Crippen molar-refractivity contribution in [2.24, 2.45) is 0 Å². The minimum Gasteiger partial charge on any atom is -0.301 e. The van der Waals surface area contributed by atoms with Gasteiger partial charge < -0.3 is 5.32 Å². The number of carbonyl (C=O) groups is 1. The molecule has 1 aromatic heterocycles. The summed E-state index contributed by atoms with van der Waals surface area (Å²) in [5.74, 6) is 0.373. The first-order chi connectivity index (χ1) is 7.29. The lowest BCUT2D eigenvalue weighted by Gasteiger charge is -2.35. The van der Waals surface area contributed by atoms with Crippen molar-refractivity contribution < 1.29 is 4.79 Å². The molecule has 2 nitrogen and oxygen atoms in total. The maximum Gasteiger partial charge on any atom is 0.158 e. The molecule has 0 saturated heterocycles. The van der Waals surface area contributed by atoms with Crippen LogP contribution in [0.3, 0.4) is 0 Å². The fourth-order valence-corrected chi connectivity index (χ4v) is 3.34. The van der Waals surface area contributed by atoms with Gasteiger partial charge in [-0.1, -0.05) is 19.4 Å². The molecule has 1 aliphatic rings. The Bertz CT molecular complexity index is 329. The summed E-state index contributed by atoms with van der Waals surface area (Å²) in [4.78, 5) is 13.3. The van der Waals surface area contributed by atoms with E-state index in [4.69, 9.17) is 0 Å². The van der Waals surface area contributed by atoms with Crippen LogP contribution in [0.2, 0.25) is 0 Å². The van der Waals surface area contributed by atoms with Gasteiger partial charge in [-0.05, 0) is 30.8 Å². The second kappa shape index (κ2) is 4.45. The molecule has 1 aliphatic carbocycles. The van der Waals surface area contributed by atoms with Gasteiger partial charge >= 0.3 is 0 Å². The van der Waals surface area contributed by atoms with Crippen LogP contribution in [0.4, 0.5) is 0 Å². The SMILES string of the molecule is CCN[C@@]1(c2cccs2)CCCCC1=O. The molecule has 3 heteroatoms. The third-order valence-corrected chi connectivity index (χ3v) is 4.13. The summed E-state index contributed by atoms with van der Waals surface area (Å²) in [7, 11) is 0. The first kappa shape index (κ1) is 10.8. The minimum absolute atomic E-state index is 0.360. The lowest BCUT2D eigenvalue weighted by molar-refractivity contribution is -0.127. The number of carbonyl (C=O) groups excluding carboxylic acids is 1. The third kappa shape index (κ3) is 1.86. The molecule has 1 atom stereocenters. The average molecular weight is 223 g/mol. The molecule has 0 radical (unpaired) electrons. The molecule has 2 rings (SSSR count). The van der Waals surface area contributed by atoms with Gasteiger partial charge in [0, 0.05) is 11.3 Å². The monoisotopic (exact) mass is 223 g/mol. The fourth-order valence-electron chi connectivity index (χ4n) is 2.39. The van der Waals surface area contributed by atoms with Crippen molar-refractivity contribution in [1.29, 1.82) is 0 Å². The van der Waals surface area contributed by atoms with E-state index in [1.807, 2.05) is 6.07 Å². The number of thiophene rings is 1. The van der Waals surface area contributed by atoms with Crippen LogP contribution in [0.5, 0.6) is 0 Å². The van der Waals surface area contributed by atoms with Gasteiger partial charge in [0.05, 0.1) is 0 Å². The number of nitrogens with one attached hydrogen (secondary N) is 1. The highest BCUT2D eigenvalue weighted by Crippen LogP contribution is 2.36. The van der Waals surface area contributed by atoms with Crippen LogP contribution in [0.1, 0.15) is 37.5 Å². The van der Waals surface area contributed by atoms with E-state index in [-0.39, 0.29) is 5.54 Å². The molecule has 1 heterocycles. The summed E-state index contributed by atoms with van der Waals surface area (Å²) < 4.78 is 0. The zero-order valence-electron chi connectivity index (χ0n) is 9.08. The minimum atomic E-state index is -0.360. The molecule has 15 heavy (non-hydrogen) atoms. The highest BCUT2D eigenvalue weighted by molar-refractivity contribution is 7.10. The van der Waals surface area contributed by atoms with Gasteiger partial charge in [-0.25, -0.2) is 0 Å². The summed E-state index contributed by atoms with van der Waals surface area (Å²) in [5, 5.41) is 5.46. The van der Waals surface area contributed by atoms with Crippen molar-refractivity contribution in [2.75, 3.05) is 6.54 Å². The molecule has 82 valence electrons. The van der Waals surface area contributed by atoms with E-state index in [2.05, 4.69) is 23.7 Å². The van der Waals surface area contributed by atoms with E-state index in [9.17, 15) is 4.79 Å². The smallest absolute Gasteiger partial charge is 0.158 e. The van der Waals surface area contributed by atoms with Gasteiger partial charge in [0.2, 0.25) is 0 Å². The predicted octanol–water partition coefficient (Wildman–Crippen LogP) is 2.70. The summed E-state index contributed by atoms with van der Waals surface area (Å²) in [6, 6.07) is 4.11. The van der Waals surface area contributed by atoms with Crippen LogP contribution in [-0.4, -0.2) is 12.3 Å². The fraction of sp³-hybridized carbons (Fsp3) is 0.583. The normalized spacial score (nSPS) is 26.9. The van der Waals surface area contributed by atoms with Crippen molar-refractivity contribution >= 4 is 17.1 Å². The topological polar surface area (TPSA) is 29.1 Å². The highest BCUT2D eigenvalue weighted by atomic mass is 32.1. The Morgan fingerprint density at radius 3 is 3.00 bits per heavy atom. The maximum absolute atomic E-state index is 12.1. The third-order valence-electron chi connectivity index (χ3n) is 3.10. The number of ketones is 1. The van der Waals surface area contributed by atoms with Gasteiger partial charge in [-0.2, -0.15) is 0 Å². The van der Waals surface area contributed by atoms with Gasteiger partial charge in [-0.15, -0.1) is 11.3 Å². The van der Waals surface area contributed by atoms with Crippen molar-refractivity contribution in [3.63, 3.8) is 0 Å². The Labute approximate surface area is 94.7 Å². The zero-order chi connectivity index (χ0) is 10.7. The maximum atomic E-state index is 12.1. The summed E-state index contributed by atoms with van der Waals surface area (Å²) >= 11 is 1.69. The number of likely N-dealkylation sites (N-methyl/N-ethyl adjacent to an activating group) is 1. The Balaban J connectivity index is 2.34. The molecule has 0 bridgehead atoms. The molecule has 1 N–H and O–H groups in total. The zero-order valence-corrected chi connectivity index (χ0v) is 9.90. The Hall–Kier alpha value is -0.670. The van der Waals surface area contributed by atoms with Gasteiger partial charge in [0.1, 0.15) is 5.54 Å². The molecule has 0 aromatic carbocycles. The largest absolute Gasteiger partial charge is 0.301 e. The van der Waals surface area contributed by atoms with Gasteiger partial charge in [0.25, 0.3) is 0 Å². The van der Waals surface area contributed by atoms with Crippen LogP contribution in [0.25, 0.3) is 0 Å². The highest BCUT2D eigenvalue weighted by Gasteiger charge is 2.41. The molecular formula is C12H17NOS. The van der Waals surface area contributed by atoms with Crippen molar-refractivity contribution in [2.45, 2.75) is 38.1 Å². The summed E-state index contributed by atoms with van der Waals surface area (Å²) in [6.45, 7) is 2.92. The molecule has 0 aliphatic heterocycles. The molecule has 0 amide bonds. The number of hydrogen-bond acceptors (Lipinski definition) is 3. The van der Waals surface area contributed by atoms with E-state index in [1.165, 1.54) is 4.88 Å². The van der Waals surface area contributed by atoms with E-state index < -0.39 is 0 Å². The second-order valence-electron chi connectivity index (χ2n) is 4.04. The number of Topliss-reactive ketones (excluding diaryl/α,β-unsaturated/α-hetero) is 1. The molecular weight excluding hydrogens is 206 g/mol. The lowest BCUT2D eigenvalue weighted by atomic mass is 9.79. The molecule has 0 unspecified atom stereocenters. The van der Waals surface area contributed by atoms with Crippen molar-refractivity contribution in [1.82, 2.24) is 5.32 Å². The van der Waals surface area contributed by atoms with Gasteiger partial charge in [0.15, 0.2) is 5.78 Å². The van der Waals surface area contributed by atoms with Gasteiger partial charge in [-0.3, -0.25) is 4.79 Å². The molecule has 1 fully saturated rings. The summed E-state index contributed by atoms with van der Waals surface area (Å²) in [6.07, 6.45) is 3.89. The lowest BCUT2D eigenvalue weighted by Crippen LogP contribution is -2.50. The van der Waals surface area contributed by atoms with Crippen LogP contribution in [-0.2, 0) is 10.3 Å². The van der Waals surface area contributed by atoms with Crippen LogP contribution in [0.15, 0.2) is 17.5 Å². The predicted molar refractivity (Wildman–Crippen MR) is 63.1 cm³/mol. The van der Waals surface area contributed by atoms with Crippen LogP contribution in [0, 0.1) is 0 Å². The van der Waals surface area contributed by atoms with Crippen LogP contribution < -0.4 is 5.32 Å². The Morgan fingerprint density at radius 1 is 1.53 bits per heavy atom. The first-order valence-electron chi connectivity index (χ1n) is 5.62. The van der Waals surface area contributed by atoms with E-state index in [1.54, 1.807) is 11.3 Å². The van der Waals surface area contributed by atoms with Crippen LogP contribution >= 0.6 is 11.3 Å². The quantitative estimate of drug-likeness (QED) is 0.853. The number of hydrogen-bond donors (Lipinski definition) is 1.